The summed E-state index contributed by atoms with van der Waals surface area (Å²) in [5, 5.41) is 4.67. The van der Waals surface area contributed by atoms with E-state index in [9.17, 15) is 8.42 Å². The zero-order chi connectivity index (χ0) is 21.0. The number of para-hydroxylation sites is 1. The summed E-state index contributed by atoms with van der Waals surface area (Å²) >= 11 is 1.38. The van der Waals surface area contributed by atoms with Gasteiger partial charge in [0.25, 0.3) is 0 Å². The standard InChI is InChI=1S/C19H20N4O5S2/c1-26-16-5-3-2-4-15(16)19-21-17(28-22-19)13-29-18-7-6-14(12-20-18)30(24,25)23-8-10-27-11-9-23/h2-7,12H,8-11,13H2,1H3. The minimum Gasteiger partial charge on any atom is -0.496 e. The average molecular weight is 449 g/mol. The van der Waals surface area contributed by atoms with Gasteiger partial charge in [-0.05, 0) is 24.3 Å². The molecule has 0 atom stereocenters. The second-order valence-corrected chi connectivity index (χ2v) is 9.28. The van der Waals surface area contributed by atoms with Crippen LogP contribution in [0.1, 0.15) is 5.89 Å². The van der Waals surface area contributed by atoms with Crippen LogP contribution in [-0.4, -0.2) is 61.3 Å². The lowest BCUT2D eigenvalue weighted by atomic mass is 10.2. The first-order chi connectivity index (χ1) is 14.6. The number of rotatable bonds is 7. The third-order valence-corrected chi connectivity index (χ3v) is 7.29. The maximum absolute atomic E-state index is 12.6. The molecule has 0 N–H and O–H groups in total. The number of morpholine rings is 1. The molecule has 0 spiro atoms. The van der Waals surface area contributed by atoms with Crippen molar-refractivity contribution in [2.75, 3.05) is 33.4 Å². The summed E-state index contributed by atoms with van der Waals surface area (Å²) in [5.74, 6) is 1.96. The minimum atomic E-state index is -3.55. The molecule has 11 heteroatoms. The number of aromatic nitrogens is 3. The molecule has 158 valence electrons. The van der Waals surface area contributed by atoms with E-state index in [-0.39, 0.29) is 4.90 Å². The number of hydrogen-bond acceptors (Lipinski definition) is 9. The van der Waals surface area contributed by atoms with Crippen molar-refractivity contribution in [3.8, 4) is 17.1 Å². The van der Waals surface area contributed by atoms with Crippen molar-refractivity contribution in [3.63, 3.8) is 0 Å². The highest BCUT2D eigenvalue weighted by molar-refractivity contribution is 7.98. The zero-order valence-corrected chi connectivity index (χ0v) is 17.9. The molecule has 4 rings (SSSR count). The third-order valence-electron chi connectivity index (χ3n) is 4.48. The van der Waals surface area contributed by atoms with Crippen LogP contribution >= 0.6 is 11.8 Å². The van der Waals surface area contributed by atoms with Gasteiger partial charge in [0.15, 0.2) is 0 Å². The van der Waals surface area contributed by atoms with Crippen LogP contribution in [0.5, 0.6) is 5.75 Å². The Balaban J connectivity index is 1.41. The number of hydrogen-bond donors (Lipinski definition) is 0. The molecule has 1 saturated heterocycles. The van der Waals surface area contributed by atoms with E-state index in [4.69, 9.17) is 14.0 Å². The lowest BCUT2D eigenvalue weighted by molar-refractivity contribution is 0.0730. The van der Waals surface area contributed by atoms with Gasteiger partial charge in [0.1, 0.15) is 10.6 Å². The van der Waals surface area contributed by atoms with Crippen molar-refractivity contribution in [2.24, 2.45) is 0 Å². The fraction of sp³-hybridized carbons (Fsp3) is 0.316. The predicted octanol–water partition coefficient (Wildman–Crippen LogP) is 2.45. The van der Waals surface area contributed by atoms with Gasteiger partial charge in [-0.1, -0.05) is 29.1 Å². The first-order valence-corrected chi connectivity index (χ1v) is 11.6. The van der Waals surface area contributed by atoms with Gasteiger partial charge < -0.3 is 14.0 Å². The molecule has 3 heterocycles. The normalized spacial score (nSPS) is 15.2. The number of pyridine rings is 1. The molecule has 0 bridgehead atoms. The van der Waals surface area contributed by atoms with Gasteiger partial charge in [0, 0.05) is 19.3 Å². The monoisotopic (exact) mass is 448 g/mol. The van der Waals surface area contributed by atoms with Crippen LogP contribution in [-0.2, 0) is 20.5 Å². The van der Waals surface area contributed by atoms with E-state index in [2.05, 4.69) is 15.1 Å². The van der Waals surface area contributed by atoms with Crippen LogP contribution in [0.2, 0.25) is 0 Å². The van der Waals surface area contributed by atoms with Gasteiger partial charge in [-0.25, -0.2) is 13.4 Å². The van der Waals surface area contributed by atoms with Crippen LogP contribution in [0.15, 0.2) is 57.0 Å². The molecular weight excluding hydrogens is 428 g/mol. The van der Waals surface area contributed by atoms with E-state index in [0.717, 1.165) is 5.56 Å². The van der Waals surface area contributed by atoms with Crippen molar-refractivity contribution in [1.29, 1.82) is 0 Å². The molecule has 0 radical (unpaired) electrons. The molecule has 1 aliphatic heterocycles. The van der Waals surface area contributed by atoms with Gasteiger partial charge in [0.2, 0.25) is 21.7 Å². The molecule has 30 heavy (non-hydrogen) atoms. The zero-order valence-electron chi connectivity index (χ0n) is 16.2. The second kappa shape index (κ2) is 9.13. The van der Waals surface area contributed by atoms with Crippen molar-refractivity contribution in [3.05, 3.63) is 48.5 Å². The van der Waals surface area contributed by atoms with E-state index >= 15 is 0 Å². The summed E-state index contributed by atoms with van der Waals surface area (Å²) in [7, 11) is -1.96. The topological polar surface area (TPSA) is 108 Å². The molecule has 2 aromatic heterocycles. The minimum absolute atomic E-state index is 0.171. The third kappa shape index (κ3) is 4.48. The van der Waals surface area contributed by atoms with Gasteiger partial charge in [-0.15, -0.1) is 0 Å². The van der Waals surface area contributed by atoms with Gasteiger partial charge in [-0.3, -0.25) is 0 Å². The van der Waals surface area contributed by atoms with Crippen molar-refractivity contribution >= 4 is 21.8 Å². The summed E-state index contributed by atoms with van der Waals surface area (Å²) in [6, 6.07) is 10.7. The number of sulfonamides is 1. The summed E-state index contributed by atoms with van der Waals surface area (Å²) in [5.41, 5.74) is 0.746. The smallest absolute Gasteiger partial charge is 0.244 e. The molecule has 9 nitrogen and oxygen atoms in total. The maximum atomic E-state index is 12.6. The fourth-order valence-corrected chi connectivity index (χ4v) is 4.96. The predicted molar refractivity (Wildman–Crippen MR) is 110 cm³/mol. The highest BCUT2D eigenvalue weighted by atomic mass is 32.2. The molecule has 1 aromatic carbocycles. The molecule has 0 aliphatic carbocycles. The Morgan fingerprint density at radius 3 is 2.70 bits per heavy atom. The second-order valence-electron chi connectivity index (χ2n) is 6.35. The Bertz CT molecular complexity index is 1100. The van der Waals surface area contributed by atoms with Gasteiger partial charge in [-0.2, -0.15) is 9.29 Å². The highest BCUT2D eigenvalue weighted by Crippen LogP contribution is 2.28. The molecule has 1 aliphatic rings. The van der Waals surface area contributed by atoms with Gasteiger partial charge in [0.05, 0.1) is 36.7 Å². The number of methoxy groups -OCH3 is 1. The quantitative estimate of drug-likeness (QED) is 0.504. The summed E-state index contributed by atoms with van der Waals surface area (Å²) in [6.45, 7) is 1.51. The Hall–Kier alpha value is -2.47. The van der Waals surface area contributed by atoms with E-state index in [1.165, 1.54) is 22.3 Å². The van der Waals surface area contributed by atoms with Crippen LogP contribution < -0.4 is 4.74 Å². The van der Waals surface area contributed by atoms with Gasteiger partial charge >= 0.3 is 0 Å². The maximum Gasteiger partial charge on any atom is 0.244 e. The SMILES string of the molecule is COc1ccccc1-c1noc(CSc2ccc(S(=O)(=O)N3CCOCC3)cn2)n1. The molecule has 3 aromatic rings. The van der Waals surface area contributed by atoms with Crippen LogP contribution in [0, 0.1) is 0 Å². The molecule has 0 amide bonds. The fourth-order valence-electron chi connectivity index (χ4n) is 2.93. The highest BCUT2D eigenvalue weighted by Gasteiger charge is 2.26. The lowest BCUT2D eigenvalue weighted by Gasteiger charge is -2.25. The molecule has 0 saturated carbocycles. The van der Waals surface area contributed by atoms with E-state index in [1.807, 2.05) is 24.3 Å². The Kier molecular flexibility index (Phi) is 6.32. The lowest BCUT2D eigenvalue weighted by Crippen LogP contribution is -2.40. The van der Waals surface area contributed by atoms with Crippen molar-refractivity contribution in [1.82, 2.24) is 19.4 Å². The Labute approximate surface area is 178 Å². The van der Waals surface area contributed by atoms with E-state index in [0.29, 0.717) is 54.5 Å². The van der Waals surface area contributed by atoms with Crippen molar-refractivity contribution in [2.45, 2.75) is 15.7 Å². The summed E-state index contributed by atoms with van der Waals surface area (Å²) in [6.07, 6.45) is 1.38. The van der Waals surface area contributed by atoms with E-state index < -0.39 is 10.0 Å². The number of ether oxygens (including phenoxy) is 2. The average Bonchev–Trinajstić information content (AvgIpc) is 3.27. The van der Waals surface area contributed by atoms with Crippen LogP contribution in [0.4, 0.5) is 0 Å². The first-order valence-electron chi connectivity index (χ1n) is 9.20. The largest absolute Gasteiger partial charge is 0.496 e. The molecule has 1 fully saturated rings. The molecule has 0 unspecified atom stereocenters. The number of benzene rings is 1. The summed E-state index contributed by atoms with van der Waals surface area (Å²) in [4.78, 5) is 8.84. The first kappa shape index (κ1) is 20.8. The molecular formula is C19H20N4O5S2. The van der Waals surface area contributed by atoms with Crippen molar-refractivity contribution < 1.29 is 22.4 Å². The van der Waals surface area contributed by atoms with Crippen LogP contribution in [0.3, 0.4) is 0 Å². The summed E-state index contributed by atoms with van der Waals surface area (Å²) < 4.78 is 42.6. The Morgan fingerprint density at radius 2 is 1.97 bits per heavy atom. The number of nitrogens with zero attached hydrogens (tertiary/aromatic N) is 4. The van der Waals surface area contributed by atoms with Crippen LogP contribution in [0.25, 0.3) is 11.4 Å². The Morgan fingerprint density at radius 1 is 1.17 bits per heavy atom. The van der Waals surface area contributed by atoms with E-state index in [1.54, 1.807) is 19.2 Å². The number of thioether (sulfide) groups is 1.